The quantitative estimate of drug-likeness (QED) is 0.754. The van der Waals surface area contributed by atoms with Crippen LogP contribution in [0.1, 0.15) is 22.8 Å². The van der Waals surface area contributed by atoms with Gasteiger partial charge in [-0.05, 0) is 36.8 Å². The molecule has 28 heavy (non-hydrogen) atoms. The summed E-state index contributed by atoms with van der Waals surface area (Å²) in [7, 11) is 0. The summed E-state index contributed by atoms with van der Waals surface area (Å²) in [4.78, 5) is 23.5. The molecule has 0 bridgehead atoms. The van der Waals surface area contributed by atoms with Gasteiger partial charge in [0, 0.05) is 37.4 Å². The van der Waals surface area contributed by atoms with Gasteiger partial charge >= 0.3 is 0 Å². The first kappa shape index (κ1) is 18.3. The molecule has 1 aromatic carbocycles. The van der Waals surface area contributed by atoms with Gasteiger partial charge in [-0.1, -0.05) is 12.1 Å². The van der Waals surface area contributed by atoms with Gasteiger partial charge in [0.05, 0.1) is 23.8 Å². The lowest BCUT2D eigenvalue weighted by molar-refractivity contribution is 0.0529. The summed E-state index contributed by atoms with van der Waals surface area (Å²) in [6.45, 7) is 4.66. The predicted molar refractivity (Wildman–Crippen MR) is 105 cm³/mol. The number of carbonyl (C=O) groups excluding carboxylic acids is 1. The van der Waals surface area contributed by atoms with E-state index in [1.165, 1.54) is 12.1 Å². The minimum absolute atomic E-state index is 0.184. The Bertz CT molecular complexity index is 993. The largest absolute Gasteiger partial charge is 0.375 e. The van der Waals surface area contributed by atoms with Crippen LogP contribution in [0.15, 0.2) is 48.8 Å². The second kappa shape index (κ2) is 7.90. The van der Waals surface area contributed by atoms with Crippen molar-refractivity contribution in [2.75, 3.05) is 24.6 Å². The van der Waals surface area contributed by atoms with Crippen molar-refractivity contribution < 1.29 is 13.9 Å². The van der Waals surface area contributed by atoms with Gasteiger partial charge in [-0.15, -0.1) is 0 Å². The van der Waals surface area contributed by atoms with Crippen LogP contribution >= 0.6 is 0 Å². The number of morpholine rings is 1. The van der Waals surface area contributed by atoms with E-state index in [0.29, 0.717) is 24.1 Å². The van der Waals surface area contributed by atoms with Crippen molar-refractivity contribution in [2.24, 2.45) is 0 Å². The number of amides is 1. The molecule has 1 aliphatic rings. The molecule has 2 aromatic heterocycles. The Morgan fingerprint density at radius 1 is 1.32 bits per heavy atom. The van der Waals surface area contributed by atoms with E-state index < -0.39 is 5.82 Å². The molecule has 1 unspecified atom stereocenters. The van der Waals surface area contributed by atoms with E-state index >= 15 is 0 Å². The number of carbonyl (C=O) groups is 1. The van der Waals surface area contributed by atoms with Gasteiger partial charge in [0.15, 0.2) is 0 Å². The van der Waals surface area contributed by atoms with Crippen molar-refractivity contribution in [2.45, 2.75) is 19.6 Å². The van der Waals surface area contributed by atoms with E-state index in [1.54, 1.807) is 24.5 Å². The number of pyridine rings is 2. The van der Waals surface area contributed by atoms with Gasteiger partial charge in [0.25, 0.3) is 5.91 Å². The van der Waals surface area contributed by atoms with Gasteiger partial charge in [-0.2, -0.15) is 0 Å². The van der Waals surface area contributed by atoms with Crippen molar-refractivity contribution in [1.29, 1.82) is 0 Å². The fourth-order valence-corrected chi connectivity index (χ4v) is 3.34. The van der Waals surface area contributed by atoms with Crippen LogP contribution in [0.3, 0.4) is 0 Å². The Balaban J connectivity index is 1.44. The summed E-state index contributed by atoms with van der Waals surface area (Å²) >= 11 is 0. The number of anilines is 1. The minimum atomic E-state index is -0.462. The minimum Gasteiger partial charge on any atom is -0.375 e. The SMILES string of the molecule is CC1CN(c2ccc(CNC(=O)c3cc(F)cc4cccnc34)cn2)CCO1. The molecule has 1 fully saturated rings. The molecule has 7 heteroatoms. The molecule has 1 atom stereocenters. The monoisotopic (exact) mass is 380 g/mol. The van der Waals surface area contributed by atoms with E-state index in [2.05, 4.69) is 20.2 Å². The Hall–Kier alpha value is -3.06. The number of nitrogens with one attached hydrogen (secondary N) is 1. The van der Waals surface area contributed by atoms with Crippen LogP contribution in [0, 0.1) is 5.82 Å². The molecule has 0 radical (unpaired) electrons. The van der Waals surface area contributed by atoms with Crippen molar-refractivity contribution >= 4 is 22.6 Å². The summed E-state index contributed by atoms with van der Waals surface area (Å²) in [5, 5.41) is 3.42. The van der Waals surface area contributed by atoms with Gasteiger partial charge in [-0.25, -0.2) is 9.37 Å². The van der Waals surface area contributed by atoms with Crippen LogP contribution in [-0.4, -0.2) is 41.7 Å². The highest BCUT2D eigenvalue weighted by atomic mass is 19.1. The Labute approximate surface area is 162 Å². The summed E-state index contributed by atoms with van der Waals surface area (Å²) < 4.78 is 19.4. The number of benzene rings is 1. The molecule has 0 saturated carbocycles. The molecule has 3 aromatic rings. The lowest BCUT2D eigenvalue weighted by Gasteiger charge is -2.32. The number of hydrogen-bond donors (Lipinski definition) is 1. The zero-order valence-electron chi connectivity index (χ0n) is 15.6. The van der Waals surface area contributed by atoms with Crippen LogP contribution in [-0.2, 0) is 11.3 Å². The molecule has 3 heterocycles. The molecule has 6 nitrogen and oxygen atoms in total. The summed E-state index contributed by atoms with van der Waals surface area (Å²) in [6, 6.07) is 9.91. The molecular formula is C21H21FN4O2. The molecule has 0 spiro atoms. The second-order valence-electron chi connectivity index (χ2n) is 6.86. The number of rotatable bonds is 4. The van der Waals surface area contributed by atoms with Crippen LogP contribution in [0.25, 0.3) is 10.9 Å². The number of halogens is 1. The van der Waals surface area contributed by atoms with Crippen LogP contribution in [0.2, 0.25) is 0 Å². The van der Waals surface area contributed by atoms with E-state index in [0.717, 1.165) is 24.5 Å². The molecule has 1 amide bonds. The Morgan fingerprint density at radius 3 is 3.00 bits per heavy atom. The summed E-state index contributed by atoms with van der Waals surface area (Å²) in [6.07, 6.45) is 3.52. The molecule has 144 valence electrons. The lowest BCUT2D eigenvalue weighted by atomic mass is 10.1. The van der Waals surface area contributed by atoms with Crippen molar-refractivity contribution in [3.63, 3.8) is 0 Å². The Morgan fingerprint density at radius 2 is 2.21 bits per heavy atom. The number of hydrogen-bond acceptors (Lipinski definition) is 5. The third-order valence-corrected chi connectivity index (χ3v) is 4.74. The number of fused-ring (bicyclic) bond motifs is 1. The standard InChI is InChI=1S/C21H21FN4O2/c1-14-13-26(7-8-28-14)19-5-4-15(11-24-19)12-25-21(27)18-10-17(22)9-16-3-2-6-23-20(16)18/h2-6,9-11,14H,7-8,12-13H2,1H3,(H,25,27). The van der Waals surface area contributed by atoms with Crippen LogP contribution in [0.5, 0.6) is 0 Å². The number of aromatic nitrogens is 2. The lowest BCUT2D eigenvalue weighted by Crippen LogP contribution is -2.41. The number of ether oxygens (including phenoxy) is 1. The molecular weight excluding hydrogens is 359 g/mol. The molecule has 1 aliphatic heterocycles. The topological polar surface area (TPSA) is 67.4 Å². The fraction of sp³-hybridized carbons (Fsp3) is 0.286. The van der Waals surface area contributed by atoms with Gasteiger partial charge in [-0.3, -0.25) is 9.78 Å². The van der Waals surface area contributed by atoms with E-state index in [-0.39, 0.29) is 17.6 Å². The highest BCUT2D eigenvalue weighted by molar-refractivity contribution is 6.05. The van der Waals surface area contributed by atoms with Gasteiger partial charge in [0.2, 0.25) is 0 Å². The highest BCUT2D eigenvalue weighted by Crippen LogP contribution is 2.19. The molecule has 0 aliphatic carbocycles. The summed E-state index contributed by atoms with van der Waals surface area (Å²) in [5.74, 6) is 0.0660. The van der Waals surface area contributed by atoms with E-state index in [9.17, 15) is 9.18 Å². The molecule has 1 N–H and O–H groups in total. The van der Waals surface area contributed by atoms with Gasteiger partial charge < -0.3 is 15.0 Å². The van der Waals surface area contributed by atoms with E-state index in [1.807, 2.05) is 19.1 Å². The summed E-state index contributed by atoms with van der Waals surface area (Å²) in [5.41, 5.74) is 1.57. The van der Waals surface area contributed by atoms with Crippen LogP contribution < -0.4 is 10.2 Å². The third-order valence-electron chi connectivity index (χ3n) is 4.74. The average molecular weight is 380 g/mol. The average Bonchev–Trinajstić information content (AvgIpc) is 2.71. The normalized spacial score (nSPS) is 16.9. The maximum atomic E-state index is 13.8. The first-order chi connectivity index (χ1) is 13.6. The Kier molecular flexibility index (Phi) is 5.16. The molecule has 4 rings (SSSR count). The fourth-order valence-electron chi connectivity index (χ4n) is 3.34. The van der Waals surface area contributed by atoms with Crippen molar-refractivity contribution in [3.05, 3.63) is 65.7 Å². The molecule has 1 saturated heterocycles. The number of nitrogens with zero attached hydrogens (tertiary/aromatic N) is 3. The highest BCUT2D eigenvalue weighted by Gasteiger charge is 2.18. The van der Waals surface area contributed by atoms with E-state index in [4.69, 9.17) is 4.74 Å². The zero-order valence-corrected chi connectivity index (χ0v) is 15.6. The maximum absolute atomic E-state index is 13.8. The van der Waals surface area contributed by atoms with Gasteiger partial charge in [0.1, 0.15) is 11.6 Å². The maximum Gasteiger partial charge on any atom is 0.253 e. The predicted octanol–water partition coefficient (Wildman–Crippen LogP) is 2.92. The first-order valence-corrected chi connectivity index (χ1v) is 9.24. The zero-order chi connectivity index (χ0) is 19.5. The van der Waals surface area contributed by atoms with Crippen LogP contribution in [0.4, 0.5) is 10.2 Å². The first-order valence-electron chi connectivity index (χ1n) is 9.24. The third kappa shape index (κ3) is 3.94. The second-order valence-corrected chi connectivity index (χ2v) is 6.86. The smallest absolute Gasteiger partial charge is 0.253 e. The van der Waals surface area contributed by atoms with Crippen molar-refractivity contribution in [1.82, 2.24) is 15.3 Å². The van der Waals surface area contributed by atoms with Crippen molar-refractivity contribution in [3.8, 4) is 0 Å².